The molecular formula is C76H104ClN3O11S3. The largest absolute Gasteiger partial charge is 0.481 e. The number of halogens is 1. The number of nitrogens with one attached hydrogen (secondary N) is 1. The van der Waals surface area contributed by atoms with Gasteiger partial charge in [-0.05, 0) is 238 Å². The third kappa shape index (κ3) is 28.0. The standard InChI is InChI=1S/C23H31NO3S.C22H29NO3S.C15H21NO2S.C8H11ClO.C8H12O2/c1-15(2)24(21(25)17-10-8-16(3)9-11-17)19-14-18(12-13-23(4,5)6)28-20(19)22(26)27-7;1-14(2)23(20(24)16-9-7-15(3)8-10-16)18-13-17(11-12-22(4,5)6)27-19(18)21(25)26;1-10(2)16-12-9-11(7-8-15(3,4)5)19-13(12)14(17)18-6;2*1-6-2-4-7(5-3-6)8(9)10/h8,14-15,17H,9-11H2,1-7H3;7,13-14,16H,8-10H2,1-6H3,(H,25,26);9-10,16H,1-6H3;2,7H,3-5H2,1H3;2,7H,3-5H2,1H3,(H,9,10)/t17-;16-;;2*7-/m11.11/s1. The average Bonchev–Trinajstić information content (AvgIpc) is 1.68. The summed E-state index contributed by atoms with van der Waals surface area (Å²) >= 11 is 9.13. The molecule has 2 amide bonds. The molecule has 514 valence electrons. The molecule has 14 nitrogen and oxygen atoms in total. The predicted octanol–water partition coefficient (Wildman–Crippen LogP) is 18.8. The van der Waals surface area contributed by atoms with Crippen molar-refractivity contribution in [3.63, 3.8) is 0 Å². The van der Waals surface area contributed by atoms with Gasteiger partial charge in [-0.25, -0.2) is 14.4 Å². The zero-order valence-corrected chi connectivity index (χ0v) is 62.8. The van der Waals surface area contributed by atoms with E-state index in [1.165, 1.54) is 59.2 Å². The lowest BCUT2D eigenvalue weighted by Gasteiger charge is -2.31. The first-order valence-corrected chi connectivity index (χ1v) is 35.4. The molecular weight excluding hydrogens is 1260 g/mol. The molecule has 3 N–H and O–H groups in total. The molecule has 0 bridgehead atoms. The molecule has 0 radical (unpaired) electrons. The monoisotopic (exact) mass is 1370 g/mol. The van der Waals surface area contributed by atoms with Crippen molar-refractivity contribution in [2.24, 2.45) is 39.9 Å². The first kappa shape index (κ1) is 81.6. The molecule has 4 atom stereocenters. The summed E-state index contributed by atoms with van der Waals surface area (Å²) in [6.07, 6.45) is 18.7. The Hall–Kier alpha value is -6.68. The Morgan fingerprint density at radius 3 is 1.13 bits per heavy atom. The van der Waals surface area contributed by atoms with E-state index in [2.05, 4.69) is 108 Å². The quantitative estimate of drug-likeness (QED) is 0.0635. The van der Waals surface area contributed by atoms with E-state index in [1.807, 2.05) is 101 Å². The smallest absolute Gasteiger partial charge is 0.350 e. The average molecular weight is 1370 g/mol. The van der Waals surface area contributed by atoms with Crippen LogP contribution in [0.2, 0.25) is 0 Å². The summed E-state index contributed by atoms with van der Waals surface area (Å²) in [7, 11) is 2.75. The summed E-state index contributed by atoms with van der Waals surface area (Å²) in [5.74, 6) is 16.3. The number of aliphatic carboxylic acids is 1. The Labute approximate surface area is 578 Å². The van der Waals surface area contributed by atoms with Crippen molar-refractivity contribution in [2.45, 2.75) is 227 Å². The molecule has 7 rings (SSSR count). The molecule has 4 aliphatic carbocycles. The molecule has 0 saturated heterocycles. The molecule has 3 aromatic heterocycles. The van der Waals surface area contributed by atoms with Gasteiger partial charge in [0, 0.05) is 52.1 Å². The topological polar surface area (TPSA) is 197 Å². The minimum Gasteiger partial charge on any atom is -0.481 e. The number of carbonyl (C=O) groups is 7. The van der Waals surface area contributed by atoms with E-state index in [1.54, 1.807) is 15.9 Å². The van der Waals surface area contributed by atoms with Gasteiger partial charge < -0.3 is 34.8 Å². The second-order valence-electron chi connectivity index (χ2n) is 28.4. The van der Waals surface area contributed by atoms with Crippen LogP contribution in [0.1, 0.15) is 252 Å². The van der Waals surface area contributed by atoms with Crippen molar-refractivity contribution in [1.82, 2.24) is 0 Å². The number of hydrogen-bond donors (Lipinski definition) is 3. The predicted molar refractivity (Wildman–Crippen MR) is 388 cm³/mol. The summed E-state index contributed by atoms with van der Waals surface area (Å²) in [6, 6.07) is 5.59. The van der Waals surface area contributed by atoms with Crippen LogP contribution in [0.5, 0.6) is 0 Å². The number of carboxylic acid groups (broad SMARTS) is 2. The molecule has 4 aliphatic rings. The van der Waals surface area contributed by atoms with Gasteiger partial charge in [-0.1, -0.05) is 82.1 Å². The van der Waals surface area contributed by atoms with Crippen LogP contribution in [0, 0.1) is 75.4 Å². The number of carboxylic acids is 2. The van der Waals surface area contributed by atoms with Gasteiger partial charge in [0.05, 0.1) is 51.8 Å². The molecule has 3 heterocycles. The number of hydrogen-bond acceptors (Lipinski definition) is 13. The van der Waals surface area contributed by atoms with Crippen LogP contribution in [-0.2, 0) is 28.7 Å². The molecule has 18 heteroatoms. The second-order valence-corrected chi connectivity index (χ2v) is 32.0. The Morgan fingerprint density at radius 1 is 0.511 bits per heavy atom. The van der Waals surface area contributed by atoms with Gasteiger partial charge in [0.15, 0.2) is 0 Å². The Kier molecular flexibility index (Phi) is 32.6. The number of thiophene rings is 3. The molecule has 0 fully saturated rings. The third-order valence-electron chi connectivity index (χ3n) is 15.2. The zero-order chi connectivity index (χ0) is 71.2. The molecule has 94 heavy (non-hydrogen) atoms. The lowest BCUT2D eigenvalue weighted by molar-refractivity contribution is -0.142. The van der Waals surface area contributed by atoms with Crippen molar-refractivity contribution in [2.75, 3.05) is 29.3 Å². The summed E-state index contributed by atoms with van der Waals surface area (Å²) in [5.41, 5.74) is 6.88. The normalized spacial score (nSPS) is 17.6. The highest BCUT2D eigenvalue weighted by molar-refractivity contribution is 7.15. The van der Waals surface area contributed by atoms with E-state index in [0.29, 0.717) is 26.0 Å². The maximum atomic E-state index is 13.3. The van der Waals surface area contributed by atoms with E-state index >= 15 is 0 Å². The van der Waals surface area contributed by atoms with Gasteiger partial charge in [-0.2, -0.15) is 0 Å². The van der Waals surface area contributed by atoms with Crippen molar-refractivity contribution < 1.29 is 53.2 Å². The van der Waals surface area contributed by atoms with Crippen molar-refractivity contribution in [3.8, 4) is 35.5 Å². The molecule has 0 saturated carbocycles. The van der Waals surface area contributed by atoms with Crippen LogP contribution in [0.3, 0.4) is 0 Å². The second kappa shape index (κ2) is 37.6. The SMILES string of the molecule is CC1=CC[C@@H](C(=O)Cl)CC1.CC1=CC[C@@H](C(=O)N(c2cc(C#CC(C)(C)C)sc2C(=O)O)C(C)C)CC1.CC1=CC[C@@H](C(=O)O)CC1.COC(=O)c1sc(C#CC(C)(C)C)cc1N(C(=O)[C@@H]1CC=C(C)CC1)C(C)C.COC(=O)c1sc(C#CC(C)(C)C)cc1NC(C)C. The van der Waals surface area contributed by atoms with E-state index in [9.17, 15) is 38.7 Å². The number of rotatable bonds is 13. The highest BCUT2D eigenvalue weighted by Crippen LogP contribution is 2.38. The number of amides is 2. The van der Waals surface area contributed by atoms with Crippen LogP contribution in [0.4, 0.5) is 17.1 Å². The van der Waals surface area contributed by atoms with Crippen LogP contribution in [0.15, 0.2) is 64.8 Å². The summed E-state index contributed by atoms with van der Waals surface area (Å²) in [4.78, 5) is 90.5. The third-order valence-corrected chi connectivity index (χ3v) is 18.6. The molecule has 0 aliphatic heterocycles. The number of nitrogens with zero attached hydrogens (tertiary/aromatic N) is 2. The lowest BCUT2D eigenvalue weighted by atomic mass is 9.89. The number of ether oxygens (including phenoxy) is 2. The Balaban J connectivity index is 0.000000324. The van der Waals surface area contributed by atoms with E-state index in [-0.39, 0.29) is 85.9 Å². The number of allylic oxidation sites excluding steroid dienone is 8. The first-order valence-electron chi connectivity index (χ1n) is 32.5. The molecule has 3 aromatic rings. The van der Waals surface area contributed by atoms with Gasteiger partial charge >= 0.3 is 23.9 Å². The maximum Gasteiger partial charge on any atom is 0.350 e. The summed E-state index contributed by atoms with van der Waals surface area (Å²) in [5, 5.41) is 21.3. The molecule has 0 aromatic carbocycles. The van der Waals surface area contributed by atoms with E-state index < -0.39 is 17.9 Å². The van der Waals surface area contributed by atoms with Gasteiger partial charge in [-0.3, -0.25) is 19.2 Å². The highest BCUT2D eigenvalue weighted by Gasteiger charge is 2.34. The summed E-state index contributed by atoms with van der Waals surface area (Å²) in [6.45, 7) is 38.5. The fourth-order valence-electron chi connectivity index (χ4n) is 9.93. The minimum absolute atomic E-state index is 0.00406. The van der Waals surface area contributed by atoms with Crippen molar-refractivity contribution in [1.29, 1.82) is 0 Å². The van der Waals surface area contributed by atoms with E-state index in [4.69, 9.17) is 26.2 Å². The number of methoxy groups -OCH3 is 2. The number of anilines is 3. The van der Waals surface area contributed by atoms with Crippen molar-refractivity contribution in [3.05, 3.63) is 94.1 Å². The maximum absolute atomic E-state index is 13.3. The fourth-order valence-corrected chi connectivity index (χ4v) is 12.8. The van der Waals surface area contributed by atoms with Gasteiger partial charge in [0.2, 0.25) is 17.1 Å². The van der Waals surface area contributed by atoms with Crippen LogP contribution < -0.4 is 15.1 Å². The Bertz CT molecular complexity index is 3440. The Morgan fingerprint density at radius 2 is 0.830 bits per heavy atom. The van der Waals surface area contributed by atoms with Crippen molar-refractivity contribution >= 4 is 104 Å². The number of esters is 2. The minimum atomic E-state index is -1.02. The number of carbonyl (C=O) groups excluding carboxylic acids is 5. The number of aromatic carboxylic acids is 1. The van der Waals surface area contributed by atoms with Gasteiger partial charge in [-0.15, -0.1) is 34.0 Å². The molecule has 0 spiro atoms. The zero-order valence-electron chi connectivity index (χ0n) is 59.6. The fraction of sp³-hybridized carbons (Fsp3) is 0.566. The van der Waals surface area contributed by atoms with E-state index in [0.717, 1.165) is 104 Å². The van der Waals surface area contributed by atoms with Crippen LogP contribution in [0.25, 0.3) is 0 Å². The molecule has 0 unspecified atom stereocenters. The highest BCUT2D eigenvalue weighted by atomic mass is 35.5. The lowest BCUT2D eigenvalue weighted by Crippen LogP contribution is -2.42. The van der Waals surface area contributed by atoms with Crippen LogP contribution in [-0.4, -0.2) is 83.5 Å². The van der Waals surface area contributed by atoms with Crippen LogP contribution >= 0.6 is 45.6 Å². The van der Waals surface area contributed by atoms with Gasteiger partial charge in [0.25, 0.3) is 0 Å². The summed E-state index contributed by atoms with van der Waals surface area (Å²) < 4.78 is 9.78. The first-order chi connectivity index (χ1) is 43.6. The van der Waals surface area contributed by atoms with Gasteiger partial charge in [0.1, 0.15) is 14.6 Å².